The molecule has 0 atom stereocenters. The van der Waals surface area contributed by atoms with Gasteiger partial charge >= 0.3 is 0 Å². The molecule has 5 heteroatoms. The van der Waals surface area contributed by atoms with Crippen molar-refractivity contribution in [2.45, 2.75) is 19.9 Å². The van der Waals surface area contributed by atoms with Crippen LogP contribution in [-0.2, 0) is 13.0 Å². The number of benzene rings is 2. The summed E-state index contributed by atoms with van der Waals surface area (Å²) in [7, 11) is 0. The van der Waals surface area contributed by atoms with Crippen LogP contribution in [-0.4, -0.2) is 28.1 Å². The highest BCUT2D eigenvalue weighted by atomic mass is 32.1. The third kappa shape index (κ3) is 3.07. The molecule has 3 aromatic rings. The Bertz CT molecular complexity index is 918. The molecule has 25 heavy (non-hydrogen) atoms. The Morgan fingerprint density at radius 1 is 1.20 bits per heavy atom. The fraction of sp³-hybridized carbons (Fsp3) is 0.250. The van der Waals surface area contributed by atoms with Gasteiger partial charge in [-0.15, -0.1) is 0 Å². The summed E-state index contributed by atoms with van der Waals surface area (Å²) in [5, 5.41) is 5.41. The fourth-order valence-electron chi connectivity index (χ4n) is 3.41. The number of aromatic amines is 1. The number of H-pyrrole nitrogens is 1. The van der Waals surface area contributed by atoms with Gasteiger partial charge in [0.2, 0.25) is 0 Å². The predicted molar refractivity (Wildman–Crippen MR) is 106 cm³/mol. The summed E-state index contributed by atoms with van der Waals surface area (Å²) in [6.45, 7) is 4.33. The van der Waals surface area contributed by atoms with E-state index in [1.54, 1.807) is 0 Å². The highest BCUT2D eigenvalue weighted by Gasteiger charge is 2.22. The van der Waals surface area contributed by atoms with Crippen LogP contribution < -0.4 is 10.1 Å². The van der Waals surface area contributed by atoms with Crippen LogP contribution in [0.3, 0.4) is 0 Å². The van der Waals surface area contributed by atoms with Gasteiger partial charge in [-0.3, -0.25) is 0 Å². The van der Waals surface area contributed by atoms with Gasteiger partial charge in [0.1, 0.15) is 5.75 Å². The van der Waals surface area contributed by atoms with Crippen molar-refractivity contribution in [3.8, 4) is 5.75 Å². The van der Waals surface area contributed by atoms with Crippen molar-refractivity contribution in [3.63, 3.8) is 0 Å². The minimum Gasteiger partial charge on any atom is -0.492 e. The molecule has 0 radical (unpaired) electrons. The quantitative estimate of drug-likeness (QED) is 0.690. The zero-order valence-corrected chi connectivity index (χ0v) is 15.0. The van der Waals surface area contributed by atoms with Crippen LogP contribution in [0.25, 0.3) is 10.9 Å². The van der Waals surface area contributed by atoms with Crippen molar-refractivity contribution in [2.75, 3.05) is 18.5 Å². The molecule has 1 aliphatic rings. The van der Waals surface area contributed by atoms with E-state index in [1.165, 1.54) is 22.2 Å². The second-order valence-electron chi connectivity index (χ2n) is 6.16. The van der Waals surface area contributed by atoms with Gasteiger partial charge in [-0.2, -0.15) is 0 Å². The number of para-hydroxylation sites is 3. The highest BCUT2D eigenvalue weighted by Crippen LogP contribution is 2.29. The fourth-order valence-corrected chi connectivity index (χ4v) is 3.68. The first-order valence-corrected chi connectivity index (χ1v) is 9.03. The average molecular weight is 351 g/mol. The van der Waals surface area contributed by atoms with Gasteiger partial charge in [-0.1, -0.05) is 30.3 Å². The van der Waals surface area contributed by atoms with E-state index in [1.807, 2.05) is 31.2 Å². The van der Waals surface area contributed by atoms with Crippen LogP contribution in [0.15, 0.2) is 48.5 Å². The highest BCUT2D eigenvalue weighted by molar-refractivity contribution is 7.80. The molecule has 0 saturated heterocycles. The van der Waals surface area contributed by atoms with Gasteiger partial charge in [0, 0.05) is 23.1 Å². The Balaban J connectivity index is 1.53. The maximum absolute atomic E-state index is 5.67. The van der Waals surface area contributed by atoms with Crippen molar-refractivity contribution in [1.29, 1.82) is 0 Å². The summed E-state index contributed by atoms with van der Waals surface area (Å²) in [6.07, 6.45) is 0.994. The van der Waals surface area contributed by atoms with Crippen LogP contribution in [0.5, 0.6) is 5.75 Å². The summed E-state index contributed by atoms with van der Waals surface area (Å²) < 4.78 is 5.67. The van der Waals surface area contributed by atoms with Gasteiger partial charge in [0.15, 0.2) is 5.11 Å². The number of rotatable bonds is 3. The first-order valence-electron chi connectivity index (χ1n) is 8.62. The lowest BCUT2D eigenvalue weighted by Crippen LogP contribution is -2.38. The molecule has 2 N–H and O–H groups in total. The predicted octanol–water partition coefficient (Wildman–Crippen LogP) is 4.32. The van der Waals surface area contributed by atoms with Crippen LogP contribution in [0.1, 0.15) is 18.2 Å². The Kier molecular flexibility index (Phi) is 4.32. The molecule has 0 spiro atoms. The molecular weight excluding hydrogens is 330 g/mol. The molecule has 4 nitrogen and oxygen atoms in total. The zero-order chi connectivity index (χ0) is 17.2. The molecule has 2 heterocycles. The SMILES string of the molecule is CCOc1ccccc1NC(=S)N1CCc2c([nH]c3ccccc23)C1. The number of fused-ring (bicyclic) bond motifs is 3. The zero-order valence-electron chi connectivity index (χ0n) is 14.2. The second kappa shape index (κ2) is 6.76. The third-order valence-corrected chi connectivity index (χ3v) is 4.96. The normalized spacial score (nSPS) is 13.6. The molecular formula is C20H21N3OS. The number of ether oxygens (including phenoxy) is 1. The summed E-state index contributed by atoms with van der Waals surface area (Å²) >= 11 is 5.65. The average Bonchev–Trinajstić information content (AvgIpc) is 3.01. The van der Waals surface area contributed by atoms with Crippen molar-refractivity contribution in [2.24, 2.45) is 0 Å². The van der Waals surface area contributed by atoms with Crippen LogP contribution in [0, 0.1) is 0 Å². The maximum Gasteiger partial charge on any atom is 0.173 e. The maximum atomic E-state index is 5.67. The minimum atomic E-state index is 0.633. The van der Waals surface area contributed by atoms with E-state index in [0.717, 1.165) is 36.1 Å². The number of hydrogen-bond donors (Lipinski definition) is 2. The van der Waals surface area contributed by atoms with Crippen molar-refractivity contribution >= 4 is 33.9 Å². The lowest BCUT2D eigenvalue weighted by molar-refractivity contribution is 0.341. The molecule has 0 unspecified atom stereocenters. The summed E-state index contributed by atoms with van der Waals surface area (Å²) in [5.41, 5.74) is 4.80. The molecule has 1 aliphatic heterocycles. The Morgan fingerprint density at radius 3 is 2.88 bits per heavy atom. The Morgan fingerprint density at radius 2 is 2.00 bits per heavy atom. The van der Waals surface area contributed by atoms with Crippen molar-refractivity contribution in [3.05, 3.63) is 59.8 Å². The van der Waals surface area contributed by atoms with E-state index in [-0.39, 0.29) is 0 Å². The van der Waals surface area contributed by atoms with E-state index in [2.05, 4.69) is 39.5 Å². The topological polar surface area (TPSA) is 40.3 Å². The Hall–Kier alpha value is -2.53. The van der Waals surface area contributed by atoms with Crippen LogP contribution in [0.4, 0.5) is 5.69 Å². The number of nitrogens with zero attached hydrogens (tertiary/aromatic N) is 1. The first kappa shape index (κ1) is 16.0. The van der Waals surface area contributed by atoms with E-state index in [0.29, 0.717) is 6.61 Å². The molecule has 0 bridgehead atoms. The third-order valence-electron chi connectivity index (χ3n) is 4.60. The van der Waals surface area contributed by atoms with Gasteiger partial charge in [0.05, 0.1) is 18.8 Å². The van der Waals surface area contributed by atoms with Gasteiger partial charge < -0.3 is 19.9 Å². The summed E-state index contributed by atoms with van der Waals surface area (Å²) in [5.74, 6) is 0.829. The molecule has 0 saturated carbocycles. The molecule has 1 aromatic heterocycles. The van der Waals surface area contributed by atoms with Gasteiger partial charge in [0.25, 0.3) is 0 Å². The monoisotopic (exact) mass is 351 g/mol. The number of hydrogen-bond acceptors (Lipinski definition) is 2. The second-order valence-corrected chi connectivity index (χ2v) is 6.55. The number of aromatic nitrogens is 1. The molecule has 128 valence electrons. The van der Waals surface area contributed by atoms with Gasteiger partial charge in [-0.25, -0.2) is 0 Å². The lowest BCUT2D eigenvalue weighted by Gasteiger charge is -2.30. The number of nitrogens with one attached hydrogen (secondary N) is 2. The summed E-state index contributed by atoms with van der Waals surface area (Å²) in [4.78, 5) is 5.75. The van der Waals surface area contributed by atoms with E-state index >= 15 is 0 Å². The number of thiocarbonyl (C=S) groups is 1. The largest absolute Gasteiger partial charge is 0.492 e. The van der Waals surface area contributed by atoms with Crippen molar-refractivity contribution < 1.29 is 4.74 Å². The molecule has 0 aliphatic carbocycles. The summed E-state index contributed by atoms with van der Waals surface area (Å²) in [6, 6.07) is 16.4. The van der Waals surface area contributed by atoms with Crippen molar-refractivity contribution in [1.82, 2.24) is 9.88 Å². The van der Waals surface area contributed by atoms with Crippen LogP contribution >= 0.6 is 12.2 Å². The smallest absolute Gasteiger partial charge is 0.173 e. The molecule has 2 aromatic carbocycles. The Labute approximate surface area is 152 Å². The van der Waals surface area contributed by atoms with E-state index in [9.17, 15) is 0 Å². The van der Waals surface area contributed by atoms with E-state index in [4.69, 9.17) is 17.0 Å². The number of anilines is 1. The van der Waals surface area contributed by atoms with Gasteiger partial charge in [-0.05, 0) is 49.3 Å². The minimum absolute atomic E-state index is 0.633. The first-order chi connectivity index (χ1) is 12.3. The molecule has 0 amide bonds. The standard InChI is InChI=1S/C20H21N3OS/c1-2-24-19-10-6-5-9-17(19)22-20(25)23-12-11-15-14-7-3-4-8-16(14)21-18(15)13-23/h3-10,21H,2,11-13H2,1H3,(H,22,25). The molecule has 0 fully saturated rings. The van der Waals surface area contributed by atoms with E-state index < -0.39 is 0 Å². The lowest BCUT2D eigenvalue weighted by atomic mass is 10.0. The molecule has 4 rings (SSSR count). The van der Waals surface area contributed by atoms with Crippen LogP contribution in [0.2, 0.25) is 0 Å².